The summed E-state index contributed by atoms with van der Waals surface area (Å²) < 4.78 is 22.4. The normalized spacial score (nSPS) is 25.1. The molecule has 16 heteroatoms. The minimum absolute atomic E-state index is 0.00915. The summed E-state index contributed by atoms with van der Waals surface area (Å²) in [6, 6.07) is 12.4. The van der Waals surface area contributed by atoms with E-state index < -0.39 is 0 Å². The standard InChI is InChI=1S/C13H22N4O.C13H21N3O2.C11H17ClN4O/c1-9(2)17-7-6-12(11(14)8-17)18-13-5-4-10(3)15-16-13;1-9(2)16-7-11(14)12(8-16)18-10-4-5-13(17-3)15-6-10;1-7(2)16-5-8(13)9(6-16)17-11-4-3-10(12)14-15-11/h4-5,9,11-12H,6-8,14H2,1-3H3;4-6,9,11-12H,7-8,14H2,1-3H3;3-4,7-9H,5-6,13H2,1-2H3. The summed E-state index contributed by atoms with van der Waals surface area (Å²) in [6.07, 6.45) is 2.64. The Balaban J connectivity index is 0.000000178. The maximum absolute atomic E-state index is 6.17. The van der Waals surface area contributed by atoms with Crippen molar-refractivity contribution in [2.75, 3.05) is 46.4 Å². The van der Waals surface area contributed by atoms with Crippen LogP contribution in [0.25, 0.3) is 0 Å². The molecule has 6 atom stereocenters. The molecule has 0 radical (unpaired) electrons. The van der Waals surface area contributed by atoms with E-state index in [1.54, 1.807) is 31.5 Å². The molecular weight excluding hydrogens is 698 g/mol. The lowest BCUT2D eigenvalue weighted by Crippen LogP contribution is -2.55. The Hall–Kier alpha value is -3.44. The van der Waals surface area contributed by atoms with E-state index >= 15 is 0 Å². The van der Waals surface area contributed by atoms with Crippen molar-refractivity contribution in [1.82, 2.24) is 40.1 Å². The molecule has 6 rings (SSSR count). The van der Waals surface area contributed by atoms with Crippen LogP contribution in [-0.4, -0.2) is 141 Å². The highest BCUT2D eigenvalue weighted by atomic mass is 35.5. The Kier molecular flexibility index (Phi) is 16.2. The van der Waals surface area contributed by atoms with Crippen LogP contribution in [0, 0.1) is 6.92 Å². The first kappa shape index (κ1) is 42.3. The molecular formula is C37H60ClN11O4. The van der Waals surface area contributed by atoms with Crippen molar-refractivity contribution in [2.45, 2.75) is 109 Å². The highest BCUT2D eigenvalue weighted by molar-refractivity contribution is 6.29. The van der Waals surface area contributed by atoms with Gasteiger partial charge < -0.3 is 36.1 Å². The minimum atomic E-state index is -0.0344. The predicted octanol–water partition coefficient (Wildman–Crippen LogP) is 2.79. The molecule has 0 spiro atoms. The summed E-state index contributed by atoms with van der Waals surface area (Å²) in [7, 11) is 1.59. The molecule has 3 fully saturated rings. The quantitative estimate of drug-likeness (QED) is 0.274. The van der Waals surface area contributed by atoms with Crippen LogP contribution in [0.3, 0.4) is 0 Å². The summed E-state index contributed by atoms with van der Waals surface area (Å²) in [5.74, 6) is 2.36. The van der Waals surface area contributed by atoms with Gasteiger partial charge in [-0.1, -0.05) is 11.6 Å². The molecule has 6 N–H and O–H groups in total. The zero-order chi connectivity index (χ0) is 38.7. The van der Waals surface area contributed by atoms with Gasteiger partial charge >= 0.3 is 0 Å². The molecule has 3 aliphatic rings. The van der Waals surface area contributed by atoms with Gasteiger partial charge in [-0.15, -0.1) is 15.3 Å². The van der Waals surface area contributed by atoms with Gasteiger partial charge in [0.2, 0.25) is 17.6 Å². The third kappa shape index (κ3) is 13.1. The van der Waals surface area contributed by atoms with Crippen LogP contribution >= 0.6 is 11.6 Å². The predicted molar refractivity (Wildman–Crippen MR) is 207 cm³/mol. The lowest BCUT2D eigenvalue weighted by molar-refractivity contribution is 0.0618. The Morgan fingerprint density at radius 3 is 1.58 bits per heavy atom. The fourth-order valence-electron chi connectivity index (χ4n) is 6.21. The highest BCUT2D eigenvalue weighted by Gasteiger charge is 2.34. The highest BCUT2D eigenvalue weighted by Crippen LogP contribution is 2.21. The Labute approximate surface area is 319 Å². The van der Waals surface area contributed by atoms with Crippen LogP contribution in [0.2, 0.25) is 5.15 Å². The van der Waals surface area contributed by atoms with Gasteiger partial charge in [0.05, 0.1) is 37.1 Å². The van der Waals surface area contributed by atoms with Crippen molar-refractivity contribution in [3.05, 3.63) is 53.4 Å². The molecule has 294 valence electrons. The van der Waals surface area contributed by atoms with Gasteiger partial charge in [0.25, 0.3) is 0 Å². The van der Waals surface area contributed by atoms with Crippen molar-refractivity contribution >= 4 is 11.6 Å². The SMILES string of the molecule is CC(C)N1CC(N)C(Oc2ccc(Cl)nn2)C1.COc1ccc(OC2CN(C(C)C)CC2N)cn1.Cc1ccc(OC2CCN(C(C)C)CC2N)nn1. The van der Waals surface area contributed by atoms with Crippen LogP contribution in [0.15, 0.2) is 42.6 Å². The van der Waals surface area contributed by atoms with Gasteiger partial charge in [0, 0.05) is 75.6 Å². The fraction of sp³-hybridized carbons (Fsp3) is 0.649. The van der Waals surface area contributed by atoms with Gasteiger partial charge in [-0.3, -0.25) is 14.7 Å². The smallest absolute Gasteiger partial charge is 0.233 e. The number of ether oxygens (including phenoxy) is 4. The second-order valence-electron chi connectivity index (χ2n) is 14.7. The molecule has 3 aliphatic heterocycles. The van der Waals surface area contributed by atoms with Crippen LogP contribution < -0.4 is 36.1 Å². The molecule has 53 heavy (non-hydrogen) atoms. The van der Waals surface area contributed by atoms with Crippen molar-refractivity contribution in [3.8, 4) is 23.4 Å². The van der Waals surface area contributed by atoms with Crippen LogP contribution in [-0.2, 0) is 0 Å². The van der Waals surface area contributed by atoms with E-state index in [1.807, 2.05) is 25.1 Å². The first-order valence-corrected chi connectivity index (χ1v) is 18.9. The van der Waals surface area contributed by atoms with E-state index in [2.05, 4.69) is 81.6 Å². The molecule has 0 saturated carbocycles. The monoisotopic (exact) mass is 757 g/mol. The number of aromatic nitrogens is 5. The van der Waals surface area contributed by atoms with E-state index in [0.29, 0.717) is 40.9 Å². The molecule has 0 aliphatic carbocycles. The minimum Gasteiger partial charge on any atom is -0.486 e. The fourth-order valence-corrected chi connectivity index (χ4v) is 6.31. The molecule has 3 saturated heterocycles. The number of methoxy groups -OCH3 is 1. The zero-order valence-corrected chi connectivity index (χ0v) is 33.3. The average Bonchev–Trinajstić information content (AvgIpc) is 3.69. The zero-order valence-electron chi connectivity index (χ0n) is 32.5. The van der Waals surface area contributed by atoms with Crippen molar-refractivity contribution < 1.29 is 18.9 Å². The number of rotatable bonds is 10. The molecule has 0 bridgehead atoms. The molecule has 6 heterocycles. The average molecular weight is 758 g/mol. The maximum atomic E-state index is 6.17. The van der Waals surface area contributed by atoms with E-state index in [1.165, 1.54) is 0 Å². The number of halogens is 1. The molecule has 0 aromatic carbocycles. The summed E-state index contributed by atoms with van der Waals surface area (Å²) in [5, 5.41) is 16.0. The number of hydrogen-bond donors (Lipinski definition) is 3. The third-order valence-electron chi connectivity index (χ3n) is 9.62. The van der Waals surface area contributed by atoms with Gasteiger partial charge in [0.1, 0.15) is 24.1 Å². The number of nitrogens with two attached hydrogens (primary N) is 3. The number of pyridine rings is 1. The third-order valence-corrected chi connectivity index (χ3v) is 9.82. The van der Waals surface area contributed by atoms with Crippen LogP contribution in [0.4, 0.5) is 0 Å². The molecule has 3 aromatic heterocycles. The second-order valence-corrected chi connectivity index (χ2v) is 15.1. The van der Waals surface area contributed by atoms with Crippen molar-refractivity contribution in [3.63, 3.8) is 0 Å². The molecule has 6 unspecified atom stereocenters. The van der Waals surface area contributed by atoms with E-state index in [4.69, 9.17) is 47.7 Å². The summed E-state index contributed by atoms with van der Waals surface area (Å²) >= 11 is 5.66. The van der Waals surface area contributed by atoms with Crippen LogP contribution in [0.1, 0.15) is 53.7 Å². The summed E-state index contributed by atoms with van der Waals surface area (Å²) in [5.41, 5.74) is 19.2. The number of nitrogens with zero attached hydrogens (tertiary/aromatic N) is 8. The number of hydrogen-bond acceptors (Lipinski definition) is 15. The number of aryl methyl sites for hydroxylation is 1. The van der Waals surface area contributed by atoms with E-state index in [-0.39, 0.29) is 36.4 Å². The second kappa shape index (κ2) is 20.3. The van der Waals surface area contributed by atoms with Gasteiger partial charge in [-0.2, -0.15) is 5.10 Å². The van der Waals surface area contributed by atoms with Gasteiger partial charge in [-0.25, -0.2) is 4.98 Å². The Morgan fingerprint density at radius 2 is 1.13 bits per heavy atom. The lowest BCUT2D eigenvalue weighted by atomic mass is 10.0. The van der Waals surface area contributed by atoms with E-state index in [9.17, 15) is 0 Å². The molecule has 15 nitrogen and oxygen atoms in total. The summed E-state index contributed by atoms with van der Waals surface area (Å²) in [6.45, 7) is 20.3. The lowest BCUT2D eigenvalue weighted by Gasteiger charge is -2.38. The number of likely N-dealkylation sites (tertiary alicyclic amines) is 3. The van der Waals surface area contributed by atoms with Gasteiger partial charge in [0.15, 0.2) is 5.15 Å². The van der Waals surface area contributed by atoms with Gasteiger partial charge in [-0.05, 0) is 73.1 Å². The first-order valence-electron chi connectivity index (χ1n) is 18.5. The van der Waals surface area contributed by atoms with E-state index in [0.717, 1.165) is 57.1 Å². The number of piperidine rings is 1. The Bertz CT molecular complexity index is 1490. The maximum Gasteiger partial charge on any atom is 0.233 e. The van der Waals surface area contributed by atoms with Crippen molar-refractivity contribution in [1.29, 1.82) is 0 Å². The van der Waals surface area contributed by atoms with Crippen molar-refractivity contribution in [2.24, 2.45) is 17.2 Å². The van der Waals surface area contributed by atoms with Crippen LogP contribution in [0.5, 0.6) is 23.4 Å². The Morgan fingerprint density at radius 1 is 0.623 bits per heavy atom. The first-order chi connectivity index (χ1) is 25.2. The summed E-state index contributed by atoms with van der Waals surface area (Å²) in [4.78, 5) is 11.1. The molecule has 0 amide bonds. The topological polar surface area (TPSA) is 189 Å². The largest absolute Gasteiger partial charge is 0.486 e. The molecule has 3 aromatic rings.